The first-order valence-corrected chi connectivity index (χ1v) is 8.45. The average molecular weight is 290 g/mol. The van der Waals surface area contributed by atoms with Gasteiger partial charge in [-0.05, 0) is 13.8 Å². The SMILES string of the molecule is Cc1oc(CN)cc1S(=O)(=O)N1CCSCC1C. The van der Waals surface area contributed by atoms with Crippen molar-refractivity contribution in [3.63, 3.8) is 0 Å². The summed E-state index contributed by atoms with van der Waals surface area (Å²) < 4.78 is 32.0. The van der Waals surface area contributed by atoms with Crippen LogP contribution in [-0.4, -0.2) is 36.8 Å². The Balaban J connectivity index is 2.37. The maximum atomic E-state index is 12.6. The van der Waals surface area contributed by atoms with Gasteiger partial charge >= 0.3 is 0 Å². The van der Waals surface area contributed by atoms with Gasteiger partial charge in [0.25, 0.3) is 0 Å². The molecule has 0 saturated carbocycles. The van der Waals surface area contributed by atoms with Crippen molar-refractivity contribution in [3.05, 3.63) is 17.6 Å². The second-order valence-electron chi connectivity index (χ2n) is 4.38. The van der Waals surface area contributed by atoms with Crippen molar-refractivity contribution in [2.45, 2.75) is 31.3 Å². The molecule has 2 N–H and O–H groups in total. The van der Waals surface area contributed by atoms with E-state index >= 15 is 0 Å². The van der Waals surface area contributed by atoms with Crippen LogP contribution in [0.15, 0.2) is 15.4 Å². The fourth-order valence-electron chi connectivity index (χ4n) is 2.08. The normalized spacial score (nSPS) is 22.3. The van der Waals surface area contributed by atoms with E-state index in [1.165, 1.54) is 0 Å². The molecule has 0 bridgehead atoms. The van der Waals surface area contributed by atoms with Crippen molar-refractivity contribution in [3.8, 4) is 0 Å². The predicted molar refractivity (Wildman–Crippen MR) is 72.0 cm³/mol. The Morgan fingerprint density at radius 2 is 2.33 bits per heavy atom. The van der Waals surface area contributed by atoms with Gasteiger partial charge in [-0.25, -0.2) is 8.42 Å². The van der Waals surface area contributed by atoms with Gasteiger partial charge in [0.15, 0.2) is 0 Å². The fraction of sp³-hybridized carbons (Fsp3) is 0.636. The van der Waals surface area contributed by atoms with Crippen LogP contribution in [0.3, 0.4) is 0 Å². The standard InChI is InChI=1S/C11H18N2O3S2/c1-8-7-17-4-3-13(8)18(14,15)11-5-10(6-12)16-9(11)2/h5,8H,3-4,6-7,12H2,1-2H3. The lowest BCUT2D eigenvalue weighted by atomic mass is 10.4. The molecule has 7 heteroatoms. The Hall–Kier alpha value is -0.500. The molecule has 1 aliphatic heterocycles. The van der Waals surface area contributed by atoms with Gasteiger partial charge in [0.2, 0.25) is 10.0 Å². The molecule has 2 rings (SSSR count). The highest BCUT2D eigenvalue weighted by molar-refractivity contribution is 7.99. The molecule has 0 radical (unpaired) electrons. The lowest BCUT2D eigenvalue weighted by molar-refractivity contribution is 0.366. The van der Waals surface area contributed by atoms with Crippen molar-refractivity contribution in [2.75, 3.05) is 18.1 Å². The summed E-state index contributed by atoms with van der Waals surface area (Å²) >= 11 is 1.78. The van der Waals surface area contributed by atoms with Crippen LogP contribution in [0, 0.1) is 6.92 Å². The van der Waals surface area contributed by atoms with Gasteiger partial charge < -0.3 is 10.2 Å². The van der Waals surface area contributed by atoms with Crippen LogP contribution >= 0.6 is 11.8 Å². The number of nitrogens with two attached hydrogens (primary N) is 1. The molecule has 0 aromatic carbocycles. The molecule has 2 heterocycles. The maximum absolute atomic E-state index is 12.6. The minimum atomic E-state index is -3.46. The van der Waals surface area contributed by atoms with Crippen LogP contribution in [0.2, 0.25) is 0 Å². The van der Waals surface area contributed by atoms with Crippen LogP contribution < -0.4 is 5.73 Å². The zero-order valence-electron chi connectivity index (χ0n) is 10.5. The molecule has 1 atom stereocenters. The summed E-state index contributed by atoms with van der Waals surface area (Å²) in [7, 11) is -3.46. The van der Waals surface area contributed by atoms with E-state index in [1.54, 1.807) is 29.1 Å². The highest BCUT2D eigenvalue weighted by atomic mass is 32.2. The lowest BCUT2D eigenvalue weighted by Crippen LogP contribution is -2.44. The number of sulfonamides is 1. The quantitative estimate of drug-likeness (QED) is 0.904. The van der Waals surface area contributed by atoms with Crippen LogP contribution in [0.1, 0.15) is 18.4 Å². The summed E-state index contributed by atoms with van der Waals surface area (Å²) in [5.41, 5.74) is 5.48. The number of aryl methyl sites for hydroxylation is 1. The molecule has 0 aliphatic carbocycles. The second-order valence-corrected chi connectivity index (χ2v) is 7.39. The number of hydrogen-bond acceptors (Lipinski definition) is 5. The lowest BCUT2D eigenvalue weighted by Gasteiger charge is -2.31. The Morgan fingerprint density at radius 3 is 2.89 bits per heavy atom. The van der Waals surface area contributed by atoms with Crippen molar-refractivity contribution in [1.29, 1.82) is 0 Å². The van der Waals surface area contributed by atoms with E-state index in [-0.39, 0.29) is 17.5 Å². The summed E-state index contributed by atoms with van der Waals surface area (Å²) in [5, 5.41) is 0. The minimum absolute atomic E-state index is 0.0179. The second kappa shape index (κ2) is 5.24. The summed E-state index contributed by atoms with van der Waals surface area (Å²) in [6.07, 6.45) is 0. The van der Waals surface area contributed by atoms with E-state index in [9.17, 15) is 8.42 Å². The fourth-order valence-corrected chi connectivity index (χ4v) is 5.12. The van der Waals surface area contributed by atoms with Crippen LogP contribution in [-0.2, 0) is 16.6 Å². The molecule has 1 aliphatic rings. The van der Waals surface area contributed by atoms with E-state index in [0.29, 0.717) is 18.1 Å². The first kappa shape index (κ1) is 13.9. The van der Waals surface area contributed by atoms with Crippen molar-refractivity contribution < 1.29 is 12.8 Å². The highest BCUT2D eigenvalue weighted by Gasteiger charge is 2.33. The van der Waals surface area contributed by atoms with E-state index in [1.807, 2.05) is 6.92 Å². The Labute approximate surface area is 112 Å². The number of furan rings is 1. The number of rotatable bonds is 3. The largest absolute Gasteiger partial charge is 0.464 e. The number of hydrogen-bond donors (Lipinski definition) is 1. The summed E-state index contributed by atoms with van der Waals surface area (Å²) in [5.74, 6) is 2.59. The molecular weight excluding hydrogens is 272 g/mol. The highest BCUT2D eigenvalue weighted by Crippen LogP contribution is 2.28. The predicted octanol–water partition coefficient (Wildman–Crippen LogP) is 1.17. The Morgan fingerprint density at radius 1 is 1.61 bits per heavy atom. The van der Waals surface area contributed by atoms with Gasteiger partial charge in [0.1, 0.15) is 16.4 Å². The van der Waals surface area contributed by atoms with Crippen molar-refractivity contribution >= 4 is 21.8 Å². The molecule has 1 aromatic heterocycles. The van der Waals surface area contributed by atoms with Gasteiger partial charge in [-0.2, -0.15) is 16.1 Å². The topological polar surface area (TPSA) is 76.5 Å². The molecule has 5 nitrogen and oxygen atoms in total. The smallest absolute Gasteiger partial charge is 0.246 e. The summed E-state index contributed by atoms with van der Waals surface area (Å²) in [6.45, 7) is 4.36. The Bertz CT molecular complexity index is 524. The van der Waals surface area contributed by atoms with E-state index in [2.05, 4.69) is 0 Å². The molecule has 1 fully saturated rings. The molecule has 18 heavy (non-hydrogen) atoms. The van der Waals surface area contributed by atoms with Gasteiger partial charge in [-0.3, -0.25) is 0 Å². The third-order valence-corrected chi connectivity index (χ3v) is 6.33. The van der Waals surface area contributed by atoms with Crippen molar-refractivity contribution in [1.82, 2.24) is 4.31 Å². The third-order valence-electron chi connectivity index (χ3n) is 3.02. The monoisotopic (exact) mass is 290 g/mol. The van der Waals surface area contributed by atoms with Crippen LogP contribution in [0.5, 0.6) is 0 Å². The molecule has 0 amide bonds. The van der Waals surface area contributed by atoms with E-state index < -0.39 is 10.0 Å². The van der Waals surface area contributed by atoms with Gasteiger partial charge in [0, 0.05) is 30.2 Å². The maximum Gasteiger partial charge on any atom is 0.246 e. The first-order valence-electron chi connectivity index (χ1n) is 5.85. The number of thioether (sulfide) groups is 1. The van der Waals surface area contributed by atoms with Gasteiger partial charge in [-0.15, -0.1) is 0 Å². The van der Waals surface area contributed by atoms with Crippen LogP contribution in [0.25, 0.3) is 0 Å². The molecule has 1 unspecified atom stereocenters. The average Bonchev–Trinajstić information content (AvgIpc) is 2.71. The van der Waals surface area contributed by atoms with Gasteiger partial charge in [0.05, 0.1) is 6.54 Å². The van der Waals surface area contributed by atoms with Crippen molar-refractivity contribution in [2.24, 2.45) is 5.73 Å². The summed E-state index contributed by atoms with van der Waals surface area (Å²) in [4.78, 5) is 0.252. The van der Waals surface area contributed by atoms with Gasteiger partial charge in [-0.1, -0.05) is 0 Å². The Kier molecular flexibility index (Phi) is 4.05. The zero-order chi connectivity index (χ0) is 13.3. The molecule has 0 spiro atoms. The number of nitrogens with zero attached hydrogens (tertiary/aromatic N) is 1. The molecule has 1 aromatic rings. The van der Waals surface area contributed by atoms with Crippen LogP contribution in [0.4, 0.5) is 0 Å². The van der Waals surface area contributed by atoms with E-state index in [4.69, 9.17) is 10.2 Å². The first-order chi connectivity index (χ1) is 8.46. The molecule has 1 saturated heterocycles. The molecule has 102 valence electrons. The van der Waals surface area contributed by atoms with E-state index in [0.717, 1.165) is 11.5 Å². The third kappa shape index (κ3) is 2.45. The molecular formula is C11H18N2O3S2. The summed E-state index contributed by atoms with van der Waals surface area (Å²) in [6, 6.07) is 1.56. The minimum Gasteiger partial charge on any atom is -0.464 e. The zero-order valence-corrected chi connectivity index (χ0v) is 12.2.